The minimum Gasteiger partial charge on any atom is -0.350 e. The number of rotatable bonds is 5. The maximum Gasteiger partial charge on any atom is 0.253 e. The first kappa shape index (κ1) is 14.8. The number of anilines is 4. The Hall–Kier alpha value is -3.15. The highest BCUT2D eigenvalue weighted by Gasteiger charge is 2.26. The van der Waals surface area contributed by atoms with E-state index in [0.717, 1.165) is 5.69 Å². The molecule has 0 unspecified atom stereocenters. The molecule has 0 atom stereocenters. The lowest BCUT2D eigenvalue weighted by molar-refractivity contribution is 1.01. The summed E-state index contributed by atoms with van der Waals surface area (Å²) in [5, 5.41) is 2.88. The van der Waals surface area contributed by atoms with Gasteiger partial charge in [0.15, 0.2) is 0 Å². The fraction of sp³-hybridized carbons (Fsp3) is 0.118. The van der Waals surface area contributed by atoms with Crippen LogP contribution in [0.3, 0.4) is 0 Å². The monoisotopic (exact) mass is 309 g/mol. The van der Waals surface area contributed by atoms with Gasteiger partial charge in [-0.15, -0.1) is 0 Å². The van der Waals surface area contributed by atoms with E-state index in [1.165, 1.54) is 12.3 Å². The standard InChI is InChI=1S/C17H15N3O3/c1-2-20(12-6-4-3-5-7-12)15-14(16(22)17(15)23)19-11-8-9-18-13(21)10-11/h3-10H,2H2,1H3,(H2,18,19,21). The Morgan fingerprint density at radius 1 is 1.04 bits per heavy atom. The fourth-order valence-electron chi connectivity index (χ4n) is 2.50. The maximum atomic E-state index is 12.0. The number of hydrogen-bond acceptors (Lipinski definition) is 5. The summed E-state index contributed by atoms with van der Waals surface area (Å²) in [6, 6.07) is 12.3. The van der Waals surface area contributed by atoms with Crippen molar-refractivity contribution in [2.75, 3.05) is 16.8 Å². The summed E-state index contributed by atoms with van der Waals surface area (Å²) in [6.45, 7) is 2.44. The molecule has 1 heterocycles. The molecule has 0 bridgehead atoms. The van der Waals surface area contributed by atoms with Gasteiger partial charge < -0.3 is 15.2 Å². The van der Waals surface area contributed by atoms with E-state index in [4.69, 9.17) is 0 Å². The van der Waals surface area contributed by atoms with Crippen molar-refractivity contribution in [3.8, 4) is 0 Å². The number of pyridine rings is 1. The summed E-state index contributed by atoms with van der Waals surface area (Å²) < 4.78 is 0. The fourth-order valence-corrected chi connectivity index (χ4v) is 2.50. The number of aromatic amines is 1. The zero-order valence-corrected chi connectivity index (χ0v) is 12.5. The van der Waals surface area contributed by atoms with Crippen molar-refractivity contribution in [1.29, 1.82) is 0 Å². The van der Waals surface area contributed by atoms with E-state index < -0.39 is 10.9 Å². The molecule has 116 valence electrons. The van der Waals surface area contributed by atoms with Gasteiger partial charge in [0, 0.05) is 30.2 Å². The van der Waals surface area contributed by atoms with Gasteiger partial charge in [0.2, 0.25) is 5.56 Å². The summed E-state index contributed by atoms with van der Waals surface area (Å²) >= 11 is 0. The van der Waals surface area contributed by atoms with Crippen LogP contribution >= 0.6 is 0 Å². The van der Waals surface area contributed by atoms with Crippen molar-refractivity contribution in [3.63, 3.8) is 0 Å². The van der Waals surface area contributed by atoms with Crippen molar-refractivity contribution in [1.82, 2.24) is 4.98 Å². The normalized spacial score (nSPS) is 10.7. The molecule has 0 aliphatic heterocycles. The third-order valence-electron chi connectivity index (χ3n) is 3.58. The first-order valence-electron chi connectivity index (χ1n) is 7.23. The van der Waals surface area contributed by atoms with Crippen molar-refractivity contribution in [2.24, 2.45) is 0 Å². The van der Waals surface area contributed by atoms with Crippen LogP contribution in [0.15, 0.2) is 63.0 Å². The molecule has 2 aromatic carbocycles. The van der Waals surface area contributed by atoms with Crippen LogP contribution in [-0.2, 0) is 0 Å². The molecular formula is C17H15N3O3. The molecule has 0 spiro atoms. The van der Waals surface area contributed by atoms with E-state index >= 15 is 0 Å². The van der Waals surface area contributed by atoms with Gasteiger partial charge in [-0.2, -0.15) is 0 Å². The Bertz CT molecular complexity index is 953. The first-order valence-corrected chi connectivity index (χ1v) is 7.23. The molecule has 1 aromatic heterocycles. The van der Waals surface area contributed by atoms with Crippen LogP contribution in [0.4, 0.5) is 22.7 Å². The lowest BCUT2D eigenvalue weighted by atomic mass is 10.1. The molecule has 3 aromatic rings. The van der Waals surface area contributed by atoms with E-state index in [9.17, 15) is 14.4 Å². The zero-order chi connectivity index (χ0) is 16.4. The van der Waals surface area contributed by atoms with Crippen LogP contribution in [0.5, 0.6) is 0 Å². The second-order valence-corrected chi connectivity index (χ2v) is 5.03. The maximum absolute atomic E-state index is 12.0. The van der Waals surface area contributed by atoms with Gasteiger partial charge in [0.1, 0.15) is 11.4 Å². The summed E-state index contributed by atoms with van der Waals surface area (Å²) in [5.41, 5.74) is 0.445. The van der Waals surface area contributed by atoms with E-state index in [-0.39, 0.29) is 11.2 Å². The van der Waals surface area contributed by atoms with Crippen LogP contribution in [-0.4, -0.2) is 11.5 Å². The molecule has 3 rings (SSSR count). The molecular weight excluding hydrogens is 294 g/mol. The highest BCUT2D eigenvalue weighted by atomic mass is 16.2. The largest absolute Gasteiger partial charge is 0.350 e. The molecule has 6 nitrogen and oxygen atoms in total. The van der Waals surface area contributed by atoms with Gasteiger partial charge in [-0.3, -0.25) is 14.4 Å². The highest BCUT2D eigenvalue weighted by Crippen LogP contribution is 2.29. The van der Waals surface area contributed by atoms with Crippen LogP contribution in [0, 0.1) is 0 Å². The number of nitrogens with one attached hydrogen (secondary N) is 2. The number of aromatic nitrogens is 1. The average Bonchev–Trinajstić information content (AvgIpc) is 2.58. The minimum absolute atomic E-state index is 0.214. The molecule has 0 amide bonds. The first-order chi connectivity index (χ1) is 11.1. The van der Waals surface area contributed by atoms with Gasteiger partial charge in [0.05, 0.1) is 0 Å². The Labute approximate surface area is 131 Å². The Kier molecular flexibility index (Phi) is 3.80. The zero-order valence-electron chi connectivity index (χ0n) is 12.5. The third kappa shape index (κ3) is 2.66. The molecule has 0 fully saturated rings. The van der Waals surface area contributed by atoms with Crippen molar-refractivity contribution in [2.45, 2.75) is 6.92 Å². The van der Waals surface area contributed by atoms with Gasteiger partial charge in [-0.25, -0.2) is 0 Å². The van der Waals surface area contributed by atoms with Crippen LogP contribution < -0.4 is 26.6 Å². The number of nitrogens with zero attached hydrogens (tertiary/aromatic N) is 1. The van der Waals surface area contributed by atoms with Gasteiger partial charge >= 0.3 is 0 Å². The Morgan fingerprint density at radius 3 is 2.43 bits per heavy atom. The smallest absolute Gasteiger partial charge is 0.253 e. The molecule has 2 N–H and O–H groups in total. The lowest BCUT2D eigenvalue weighted by Gasteiger charge is -2.26. The third-order valence-corrected chi connectivity index (χ3v) is 3.58. The molecule has 0 saturated heterocycles. The van der Waals surface area contributed by atoms with Crippen molar-refractivity contribution in [3.05, 3.63) is 79.5 Å². The molecule has 0 aliphatic carbocycles. The predicted octanol–water partition coefficient (Wildman–Crippen LogP) is 1.87. The molecule has 0 radical (unpaired) electrons. The Balaban J connectivity index is 2.01. The van der Waals surface area contributed by atoms with Crippen LogP contribution in [0.25, 0.3) is 0 Å². The Morgan fingerprint density at radius 2 is 1.78 bits per heavy atom. The van der Waals surface area contributed by atoms with Crippen LogP contribution in [0.1, 0.15) is 6.92 Å². The summed E-state index contributed by atoms with van der Waals surface area (Å²) in [4.78, 5) is 39.6. The molecule has 0 aliphatic rings. The second kappa shape index (κ2) is 5.92. The predicted molar refractivity (Wildman–Crippen MR) is 90.8 cm³/mol. The van der Waals surface area contributed by atoms with Crippen molar-refractivity contribution < 1.29 is 0 Å². The van der Waals surface area contributed by atoms with Crippen LogP contribution in [0.2, 0.25) is 0 Å². The van der Waals surface area contributed by atoms with E-state index in [2.05, 4.69) is 10.3 Å². The number of para-hydroxylation sites is 1. The average molecular weight is 309 g/mol. The van der Waals surface area contributed by atoms with E-state index in [1.54, 1.807) is 11.0 Å². The molecule has 6 heteroatoms. The second-order valence-electron chi connectivity index (χ2n) is 5.03. The number of hydrogen-bond donors (Lipinski definition) is 2. The highest BCUT2D eigenvalue weighted by molar-refractivity contribution is 5.83. The van der Waals surface area contributed by atoms with E-state index in [1.807, 2.05) is 37.3 Å². The number of H-pyrrole nitrogens is 1. The summed E-state index contributed by atoms with van der Waals surface area (Å²) in [7, 11) is 0. The summed E-state index contributed by atoms with van der Waals surface area (Å²) in [6.07, 6.45) is 1.48. The topological polar surface area (TPSA) is 82.3 Å². The SMILES string of the molecule is CCN(c1ccccc1)c1c(Nc2cc[nH]c(=O)c2)c(=O)c1=O. The quantitative estimate of drug-likeness (QED) is 0.703. The van der Waals surface area contributed by atoms with E-state index in [0.29, 0.717) is 17.9 Å². The number of benzene rings is 1. The minimum atomic E-state index is -0.574. The molecule has 23 heavy (non-hydrogen) atoms. The van der Waals surface area contributed by atoms with Gasteiger partial charge in [0.25, 0.3) is 10.9 Å². The van der Waals surface area contributed by atoms with Crippen molar-refractivity contribution >= 4 is 22.7 Å². The lowest BCUT2D eigenvalue weighted by Crippen LogP contribution is -2.40. The molecule has 0 saturated carbocycles. The van der Waals surface area contributed by atoms with Gasteiger partial charge in [-0.1, -0.05) is 18.2 Å². The van der Waals surface area contributed by atoms with Gasteiger partial charge in [-0.05, 0) is 25.1 Å². The summed E-state index contributed by atoms with van der Waals surface area (Å²) in [5.74, 6) is 0.